The predicted molar refractivity (Wildman–Crippen MR) is 96.7 cm³/mol. The molecule has 4 nitrogen and oxygen atoms in total. The van der Waals surface area contributed by atoms with E-state index in [9.17, 15) is 0 Å². The molecule has 4 aromatic rings. The number of rotatable bonds is 5. The van der Waals surface area contributed by atoms with Crippen LogP contribution in [-0.2, 0) is 13.1 Å². The molecular formula is C19H17N3OS. The second kappa shape index (κ2) is 6.55. The molecule has 0 N–H and O–H groups in total. The second-order valence-corrected chi connectivity index (χ2v) is 6.62. The highest BCUT2D eigenvalue weighted by Crippen LogP contribution is 2.22. The van der Waals surface area contributed by atoms with Gasteiger partial charge in [0.05, 0.1) is 12.1 Å². The van der Waals surface area contributed by atoms with Gasteiger partial charge in [0.2, 0.25) is 0 Å². The average Bonchev–Trinajstić information content (AvgIpc) is 3.26. The van der Waals surface area contributed by atoms with Crippen molar-refractivity contribution >= 4 is 22.1 Å². The summed E-state index contributed by atoms with van der Waals surface area (Å²) >= 11 is 1.62. The van der Waals surface area contributed by atoms with Crippen LogP contribution in [0.1, 0.15) is 11.4 Å². The van der Waals surface area contributed by atoms with Crippen LogP contribution in [0.15, 0.2) is 63.8 Å². The third-order valence-electron chi connectivity index (χ3n) is 3.97. The van der Waals surface area contributed by atoms with E-state index < -0.39 is 0 Å². The highest BCUT2D eigenvalue weighted by molar-refractivity contribution is 7.08. The molecule has 4 rings (SSSR count). The van der Waals surface area contributed by atoms with Gasteiger partial charge < -0.3 is 4.52 Å². The fourth-order valence-corrected chi connectivity index (χ4v) is 3.47. The summed E-state index contributed by atoms with van der Waals surface area (Å²) in [4.78, 5) is 6.68. The Labute approximate surface area is 144 Å². The van der Waals surface area contributed by atoms with E-state index in [2.05, 4.69) is 64.6 Å². The van der Waals surface area contributed by atoms with Crippen molar-refractivity contribution in [1.29, 1.82) is 0 Å². The number of aromatic nitrogens is 2. The molecule has 0 aliphatic carbocycles. The van der Waals surface area contributed by atoms with Gasteiger partial charge in [0, 0.05) is 11.9 Å². The molecule has 0 aliphatic rings. The number of hydrogen-bond donors (Lipinski definition) is 0. The molecule has 0 amide bonds. The zero-order valence-corrected chi connectivity index (χ0v) is 14.2. The SMILES string of the molecule is CN(Cc1noc(-c2ccsc2)n1)Cc1cccc2ccccc12. The molecule has 2 aromatic heterocycles. The van der Waals surface area contributed by atoms with Crippen molar-refractivity contribution in [2.24, 2.45) is 0 Å². The maximum Gasteiger partial charge on any atom is 0.258 e. The first-order valence-electron chi connectivity index (χ1n) is 7.80. The third-order valence-corrected chi connectivity index (χ3v) is 4.65. The predicted octanol–water partition coefficient (Wildman–Crippen LogP) is 4.58. The van der Waals surface area contributed by atoms with Crippen LogP contribution in [0.5, 0.6) is 0 Å². The lowest BCUT2D eigenvalue weighted by Crippen LogP contribution is -2.18. The topological polar surface area (TPSA) is 42.2 Å². The number of nitrogens with zero attached hydrogens (tertiary/aromatic N) is 3. The summed E-state index contributed by atoms with van der Waals surface area (Å²) in [7, 11) is 2.07. The van der Waals surface area contributed by atoms with E-state index in [1.165, 1.54) is 16.3 Å². The Morgan fingerprint density at radius 2 is 1.92 bits per heavy atom. The van der Waals surface area contributed by atoms with Crippen molar-refractivity contribution in [3.05, 3.63) is 70.7 Å². The summed E-state index contributed by atoms with van der Waals surface area (Å²) < 4.78 is 5.35. The highest BCUT2D eigenvalue weighted by atomic mass is 32.1. The third kappa shape index (κ3) is 3.09. The molecule has 0 spiro atoms. The summed E-state index contributed by atoms with van der Waals surface area (Å²) in [6.07, 6.45) is 0. The van der Waals surface area contributed by atoms with Gasteiger partial charge in [0.1, 0.15) is 0 Å². The molecule has 120 valence electrons. The average molecular weight is 335 g/mol. The van der Waals surface area contributed by atoms with E-state index >= 15 is 0 Å². The van der Waals surface area contributed by atoms with Gasteiger partial charge in [-0.25, -0.2) is 0 Å². The monoisotopic (exact) mass is 335 g/mol. The highest BCUT2D eigenvalue weighted by Gasteiger charge is 2.12. The molecule has 5 heteroatoms. The smallest absolute Gasteiger partial charge is 0.258 e. The Bertz CT molecular complexity index is 941. The van der Waals surface area contributed by atoms with Gasteiger partial charge >= 0.3 is 0 Å². The van der Waals surface area contributed by atoms with Crippen LogP contribution in [0.2, 0.25) is 0 Å². The van der Waals surface area contributed by atoms with Crippen LogP contribution in [0.25, 0.3) is 22.2 Å². The molecule has 0 bridgehead atoms. The van der Waals surface area contributed by atoms with Crippen molar-refractivity contribution < 1.29 is 4.52 Å². The lowest BCUT2D eigenvalue weighted by Gasteiger charge is -2.16. The molecule has 0 unspecified atom stereocenters. The normalized spacial score (nSPS) is 11.4. The Balaban J connectivity index is 1.49. The number of thiophene rings is 1. The van der Waals surface area contributed by atoms with E-state index in [-0.39, 0.29) is 0 Å². The molecule has 2 aromatic carbocycles. The van der Waals surface area contributed by atoms with Crippen LogP contribution in [0, 0.1) is 0 Å². The van der Waals surface area contributed by atoms with Crippen molar-refractivity contribution in [2.75, 3.05) is 7.05 Å². The van der Waals surface area contributed by atoms with Crippen LogP contribution in [0.3, 0.4) is 0 Å². The molecule has 24 heavy (non-hydrogen) atoms. The molecule has 0 atom stereocenters. The standard InChI is InChI=1S/C19H17N3OS/c1-22(11-15-7-4-6-14-5-2-3-8-17(14)15)12-18-20-19(23-21-18)16-9-10-24-13-16/h2-10,13H,11-12H2,1H3. The van der Waals surface area contributed by atoms with E-state index in [1.54, 1.807) is 11.3 Å². The van der Waals surface area contributed by atoms with Gasteiger partial charge in [-0.1, -0.05) is 47.6 Å². The molecule has 0 saturated carbocycles. The quantitative estimate of drug-likeness (QED) is 0.535. The van der Waals surface area contributed by atoms with Gasteiger partial charge in [-0.2, -0.15) is 16.3 Å². The minimum absolute atomic E-state index is 0.588. The van der Waals surface area contributed by atoms with Gasteiger partial charge in [-0.15, -0.1) is 0 Å². The first-order valence-corrected chi connectivity index (χ1v) is 8.74. The minimum Gasteiger partial charge on any atom is -0.334 e. The van der Waals surface area contributed by atoms with E-state index in [0.717, 1.165) is 12.1 Å². The number of benzene rings is 2. The van der Waals surface area contributed by atoms with Crippen molar-refractivity contribution in [1.82, 2.24) is 15.0 Å². The number of fused-ring (bicyclic) bond motifs is 1. The fourth-order valence-electron chi connectivity index (χ4n) is 2.84. The Morgan fingerprint density at radius 1 is 1.04 bits per heavy atom. The van der Waals surface area contributed by atoms with E-state index in [4.69, 9.17) is 4.52 Å². The molecular weight excluding hydrogens is 318 g/mol. The van der Waals surface area contributed by atoms with Gasteiger partial charge in [0.25, 0.3) is 5.89 Å². The lowest BCUT2D eigenvalue weighted by molar-refractivity contribution is 0.303. The van der Waals surface area contributed by atoms with Crippen LogP contribution >= 0.6 is 11.3 Å². The molecule has 2 heterocycles. The first-order chi connectivity index (χ1) is 11.8. The molecule has 0 aliphatic heterocycles. The fraction of sp³-hybridized carbons (Fsp3) is 0.158. The van der Waals surface area contributed by atoms with E-state index in [0.29, 0.717) is 18.3 Å². The van der Waals surface area contributed by atoms with Crippen LogP contribution in [-0.4, -0.2) is 22.1 Å². The lowest BCUT2D eigenvalue weighted by atomic mass is 10.0. The van der Waals surface area contributed by atoms with E-state index in [1.807, 2.05) is 16.8 Å². The molecule has 0 fully saturated rings. The zero-order valence-electron chi connectivity index (χ0n) is 13.3. The Hall–Kier alpha value is -2.50. The van der Waals surface area contributed by atoms with Gasteiger partial charge in [0.15, 0.2) is 5.82 Å². The Kier molecular flexibility index (Phi) is 4.11. The summed E-state index contributed by atoms with van der Waals surface area (Å²) in [6, 6.07) is 16.9. The summed E-state index contributed by atoms with van der Waals surface area (Å²) in [5, 5.41) is 10.7. The second-order valence-electron chi connectivity index (χ2n) is 5.84. The maximum absolute atomic E-state index is 5.35. The largest absolute Gasteiger partial charge is 0.334 e. The summed E-state index contributed by atoms with van der Waals surface area (Å²) in [5.41, 5.74) is 2.28. The van der Waals surface area contributed by atoms with Crippen LogP contribution in [0.4, 0.5) is 0 Å². The van der Waals surface area contributed by atoms with Crippen molar-refractivity contribution in [3.8, 4) is 11.5 Å². The molecule has 0 saturated heterocycles. The first kappa shape index (κ1) is 15.1. The zero-order chi connectivity index (χ0) is 16.4. The maximum atomic E-state index is 5.35. The number of hydrogen-bond acceptors (Lipinski definition) is 5. The van der Waals surface area contributed by atoms with Crippen LogP contribution < -0.4 is 0 Å². The molecule has 0 radical (unpaired) electrons. The summed E-state index contributed by atoms with van der Waals surface area (Å²) in [6.45, 7) is 1.49. The van der Waals surface area contributed by atoms with Crippen molar-refractivity contribution in [2.45, 2.75) is 13.1 Å². The van der Waals surface area contributed by atoms with Gasteiger partial charge in [-0.05, 0) is 34.8 Å². The Morgan fingerprint density at radius 3 is 2.79 bits per heavy atom. The summed E-state index contributed by atoms with van der Waals surface area (Å²) in [5.74, 6) is 1.30. The van der Waals surface area contributed by atoms with Crippen molar-refractivity contribution in [3.63, 3.8) is 0 Å². The minimum atomic E-state index is 0.588. The van der Waals surface area contributed by atoms with Gasteiger partial charge in [-0.3, -0.25) is 4.90 Å².